The van der Waals surface area contributed by atoms with Crippen LogP contribution >= 0.6 is 11.3 Å². The lowest BCUT2D eigenvalue weighted by molar-refractivity contribution is -0.0892. The Labute approximate surface area is 145 Å². The molecule has 0 saturated carbocycles. The van der Waals surface area contributed by atoms with E-state index in [-0.39, 0.29) is 0 Å². The van der Waals surface area contributed by atoms with Gasteiger partial charge in [0.05, 0.1) is 22.4 Å². The molecular weight excluding hydrogens is 310 g/mol. The Morgan fingerprint density at radius 2 is 1.04 bits per heavy atom. The average Bonchev–Trinajstić information content (AvgIpc) is 2.79. The van der Waals surface area contributed by atoms with Gasteiger partial charge in [0, 0.05) is 0 Å². The summed E-state index contributed by atoms with van der Waals surface area (Å²) in [6.45, 7) is 14.3. The predicted octanol–water partition coefficient (Wildman–Crippen LogP) is 1.37. The molecule has 1 aromatic rings. The third kappa shape index (κ3) is 5.61. The molecule has 128 valence electrons. The van der Waals surface area contributed by atoms with Gasteiger partial charge in [-0.15, -0.1) is 0 Å². The lowest BCUT2D eigenvalue weighted by atomic mass is 9.85. The predicted molar refractivity (Wildman–Crippen MR) is 98.0 cm³/mol. The quantitative estimate of drug-likeness (QED) is 0.703. The van der Waals surface area contributed by atoms with Crippen molar-refractivity contribution in [2.75, 3.05) is 0 Å². The number of rotatable bonds is 8. The van der Waals surface area contributed by atoms with E-state index in [4.69, 9.17) is 9.31 Å². The minimum Gasteiger partial charge on any atom is -0.426 e. The van der Waals surface area contributed by atoms with E-state index < -0.39 is 22.4 Å². The van der Waals surface area contributed by atoms with Crippen LogP contribution in [0.3, 0.4) is 0 Å². The summed E-state index contributed by atoms with van der Waals surface area (Å²) in [6, 6.07) is 3.86. The third-order valence-corrected chi connectivity index (χ3v) is 5.47. The highest BCUT2D eigenvalue weighted by atomic mass is 32.1. The number of hydrogen-bond donors (Lipinski definition) is 2. The average molecular weight is 338 g/mol. The second kappa shape index (κ2) is 6.89. The Morgan fingerprint density at radius 3 is 1.30 bits per heavy atom. The maximum absolute atomic E-state index is 10.1. The first kappa shape index (κ1) is 20.7. The Balaban J connectivity index is 2.60. The van der Waals surface area contributed by atoms with Gasteiger partial charge in [-0.3, -0.25) is 0 Å². The van der Waals surface area contributed by atoms with Crippen molar-refractivity contribution in [1.82, 2.24) is 0 Å². The second-order valence-electron chi connectivity index (χ2n) is 7.85. The van der Waals surface area contributed by atoms with Crippen molar-refractivity contribution >= 4 is 35.9 Å². The highest BCUT2D eigenvalue weighted by molar-refractivity contribution is 7.28. The Morgan fingerprint density at radius 1 is 0.739 bits per heavy atom. The summed E-state index contributed by atoms with van der Waals surface area (Å²) < 4.78 is 13.3. The first-order valence-electron chi connectivity index (χ1n) is 7.72. The molecule has 4 nitrogen and oxygen atoms in total. The molecule has 0 aliphatic rings. The van der Waals surface area contributed by atoms with Gasteiger partial charge in [-0.05, 0) is 64.9 Å². The SMILES string of the molecule is CC(C)(O)C(C)(C)O[B]c1ccc([B]OC(C)(C)C(C)(C)O)s1. The van der Waals surface area contributed by atoms with Crippen molar-refractivity contribution in [2.45, 2.75) is 77.8 Å². The second-order valence-corrected chi connectivity index (χ2v) is 9.00. The van der Waals surface area contributed by atoms with Crippen LogP contribution in [0.4, 0.5) is 0 Å². The zero-order valence-electron chi connectivity index (χ0n) is 15.4. The van der Waals surface area contributed by atoms with E-state index >= 15 is 0 Å². The smallest absolute Gasteiger partial charge is 0.341 e. The molecule has 1 rings (SSSR count). The summed E-state index contributed by atoms with van der Waals surface area (Å²) in [7, 11) is 3.31. The monoisotopic (exact) mass is 338 g/mol. The van der Waals surface area contributed by atoms with Gasteiger partial charge in [0.1, 0.15) is 0 Å². The van der Waals surface area contributed by atoms with Crippen LogP contribution in [-0.4, -0.2) is 47.6 Å². The molecule has 0 atom stereocenters. The van der Waals surface area contributed by atoms with E-state index in [2.05, 4.69) is 0 Å². The number of thiophene rings is 1. The highest BCUT2D eigenvalue weighted by Crippen LogP contribution is 2.25. The zero-order valence-corrected chi connectivity index (χ0v) is 16.2. The van der Waals surface area contributed by atoms with Crippen molar-refractivity contribution in [3.8, 4) is 0 Å². The summed E-state index contributed by atoms with van der Waals surface area (Å²) >= 11 is 1.51. The number of hydrogen-bond acceptors (Lipinski definition) is 5. The van der Waals surface area contributed by atoms with Crippen LogP contribution in [0.2, 0.25) is 0 Å². The van der Waals surface area contributed by atoms with Crippen LogP contribution in [0.15, 0.2) is 12.1 Å². The molecule has 0 bridgehead atoms. The molecule has 23 heavy (non-hydrogen) atoms. The molecule has 2 N–H and O–H groups in total. The van der Waals surface area contributed by atoms with Crippen LogP contribution in [0.1, 0.15) is 55.4 Å². The Bertz CT molecular complexity index is 468. The molecule has 0 spiro atoms. The van der Waals surface area contributed by atoms with Gasteiger partial charge in [-0.1, -0.05) is 12.1 Å². The molecule has 0 aliphatic heterocycles. The standard InChI is InChI=1S/C16H28B2O4S/c1-13(2,19)15(5,6)21-17-11-9-10-12(23-11)18-22-16(7,8)14(3,4)20/h9-10,19-20H,1-8H3. The van der Waals surface area contributed by atoms with Crippen molar-refractivity contribution < 1.29 is 19.5 Å². The van der Waals surface area contributed by atoms with Crippen LogP contribution in [0.5, 0.6) is 0 Å². The zero-order chi connectivity index (χ0) is 18.1. The molecular formula is C16H28B2O4S. The molecule has 7 heteroatoms. The van der Waals surface area contributed by atoms with Gasteiger partial charge >= 0.3 is 15.0 Å². The van der Waals surface area contributed by atoms with Crippen molar-refractivity contribution in [3.63, 3.8) is 0 Å². The van der Waals surface area contributed by atoms with E-state index in [1.807, 2.05) is 39.8 Å². The maximum Gasteiger partial charge on any atom is 0.341 e. The first-order chi connectivity index (χ1) is 10.2. The topological polar surface area (TPSA) is 58.9 Å². The molecule has 0 aromatic carbocycles. The van der Waals surface area contributed by atoms with E-state index in [1.54, 1.807) is 42.7 Å². The van der Waals surface area contributed by atoms with Gasteiger partial charge in [0.25, 0.3) is 0 Å². The van der Waals surface area contributed by atoms with Gasteiger partial charge in [0.2, 0.25) is 0 Å². The minimum atomic E-state index is -0.949. The van der Waals surface area contributed by atoms with Gasteiger partial charge < -0.3 is 19.5 Å². The van der Waals surface area contributed by atoms with E-state index in [0.717, 1.165) is 9.55 Å². The fraction of sp³-hybridized carbons (Fsp3) is 0.750. The first-order valence-corrected chi connectivity index (χ1v) is 8.54. The van der Waals surface area contributed by atoms with Crippen molar-refractivity contribution in [2.24, 2.45) is 0 Å². The fourth-order valence-electron chi connectivity index (χ4n) is 1.19. The molecule has 0 unspecified atom stereocenters. The molecule has 2 radical (unpaired) electrons. The summed E-state index contributed by atoms with van der Waals surface area (Å²) in [5.41, 5.74) is -3.29. The molecule has 0 aliphatic carbocycles. The summed E-state index contributed by atoms with van der Waals surface area (Å²) in [4.78, 5) is 0. The van der Waals surface area contributed by atoms with Crippen LogP contribution < -0.4 is 9.55 Å². The molecule has 0 amide bonds. The largest absolute Gasteiger partial charge is 0.426 e. The molecule has 1 heterocycles. The maximum atomic E-state index is 10.1. The van der Waals surface area contributed by atoms with Crippen molar-refractivity contribution in [3.05, 3.63) is 12.1 Å². The van der Waals surface area contributed by atoms with Crippen LogP contribution in [0.25, 0.3) is 0 Å². The van der Waals surface area contributed by atoms with Gasteiger partial charge in [-0.2, -0.15) is 11.3 Å². The van der Waals surface area contributed by atoms with Crippen LogP contribution in [0, 0.1) is 0 Å². The van der Waals surface area contributed by atoms with Gasteiger partial charge in [-0.25, -0.2) is 0 Å². The van der Waals surface area contributed by atoms with Gasteiger partial charge in [0.15, 0.2) is 0 Å². The summed E-state index contributed by atoms with van der Waals surface area (Å²) in [5.74, 6) is 0. The third-order valence-electron chi connectivity index (χ3n) is 4.53. The van der Waals surface area contributed by atoms with E-state index in [9.17, 15) is 10.2 Å². The molecule has 1 aromatic heterocycles. The Hall–Kier alpha value is -0.330. The minimum absolute atomic E-state index is 0.694. The summed E-state index contributed by atoms with van der Waals surface area (Å²) in [5, 5.41) is 20.2. The fourth-order valence-corrected chi connectivity index (χ4v) is 1.93. The normalized spacial score (nSPS) is 14.0. The lowest BCUT2D eigenvalue weighted by Crippen LogP contribution is -2.49. The summed E-state index contributed by atoms with van der Waals surface area (Å²) in [6.07, 6.45) is 0. The highest BCUT2D eigenvalue weighted by Gasteiger charge is 2.37. The molecule has 0 saturated heterocycles. The Kier molecular flexibility index (Phi) is 6.20. The van der Waals surface area contributed by atoms with Crippen LogP contribution in [-0.2, 0) is 9.31 Å². The lowest BCUT2D eigenvalue weighted by Gasteiger charge is -2.37. The number of aliphatic hydroxyl groups is 2. The van der Waals surface area contributed by atoms with Crippen molar-refractivity contribution in [1.29, 1.82) is 0 Å². The van der Waals surface area contributed by atoms with E-state index in [0.29, 0.717) is 0 Å². The van der Waals surface area contributed by atoms with E-state index in [1.165, 1.54) is 11.3 Å². The molecule has 0 fully saturated rings.